The Bertz CT molecular complexity index is 1160. The number of nitrogens with zero attached hydrogens (tertiary/aromatic N) is 3. The topological polar surface area (TPSA) is 53.0 Å². The first-order valence-corrected chi connectivity index (χ1v) is 11.4. The fourth-order valence-corrected chi connectivity index (χ4v) is 5.05. The van der Waals surface area contributed by atoms with Crippen molar-refractivity contribution in [2.75, 3.05) is 19.0 Å². The van der Waals surface area contributed by atoms with E-state index in [0.717, 1.165) is 16.8 Å². The van der Waals surface area contributed by atoms with Crippen LogP contribution in [0.15, 0.2) is 88.9 Å². The van der Waals surface area contributed by atoms with Gasteiger partial charge in [0.2, 0.25) is 0 Å². The molecular weight excluding hydrogens is 418 g/mol. The van der Waals surface area contributed by atoms with E-state index in [2.05, 4.69) is 5.10 Å². The first-order valence-electron chi connectivity index (χ1n) is 9.56. The van der Waals surface area contributed by atoms with Gasteiger partial charge in [-0.2, -0.15) is 17.9 Å². The molecule has 0 bridgehead atoms. The molecule has 0 amide bonds. The molecule has 0 saturated carbocycles. The van der Waals surface area contributed by atoms with Crippen LogP contribution in [0.1, 0.15) is 23.6 Å². The molecule has 3 aromatic rings. The van der Waals surface area contributed by atoms with E-state index in [9.17, 15) is 8.42 Å². The Labute approximate surface area is 182 Å². The van der Waals surface area contributed by atoms with E-state index in [1.54, 1.807) is 42.5 Å². The minimum Gasteiger partial charge on any atom is -0.378 e. The highest BCUT2D eigenvalue weighted by atomic mass is 35.5. The Balaban J connectivity index is 1.77. The van der Waals surface area contributed by atoms with Crippen molar-refractivity contribution in [2.45, 2.75) is 17.4 Å². The third-order valence-corrected chi connectivity index (χ3v) is 7.08. The van der Waals surface area contributed by atoms with Crippen molar-refractivity contribution in [3.05, 3.63) is 95.0 Å². The number of hydrogen-bond donors (Lipinski definition) is 0. The molecule has 0 aromatic heterocycles. The van der Waals surface area contributed by atoms with Gasteiger partial charge in [-0.3, -0.25) is 0 Å². The normalized spacial score (nSPS) is 16.4. The second-order valence-electron chi connectivity index (χ2n) is 7.35. The smallest absolute Gasteiger partial charge is 0.279 e. The van der Waals surface area contributed by atoms with Gasteiger partial charge in [0.1, 0.15) is 0 Å². The van der Waals surface area contributed by atoms with Crippen molar-refractivity contribution >= 4 is 33.0 Å². The van der Waals surface area contributed by atoms with Gasteiger partial charge in [-0.15, -0.1) is 0 Å². The lowest BCUT2D eigenvalue weighted by atomic mass is 9.99. The first-order chi connectivity index (χ1) is 14.4. The van der Waals surface area contributed by atoms with Crippen LogP contribution in [0, 0.1) is 0 Å². The van der Waals surface area contributed by atoms with Crippen molar-refractivity contribution in [1.29, 1.82) is 0 Å². The summed E-state index contributed by atoms with van der Waals surface area (Å²) in [5.74, 6) is 0. The molecule has 0 spiro atoms. The van der Waals surface area contributed by atoms with E-state index in [1.807, 2.05) is 55.4 Å². The fraction of sp³-hybridized carbons (Fsp3) is 0.174. The highest BCUT2D eigenvalue weighted by Gasteiger charge is 2.37. The lowest BCUT2D eigenvalue weighted by Crippen LogP contribution is -2.27. The van der Waals surface area contributed by atoms with E-state index in [-0.39, 0.29) is 4.90 Å². The Hall–Kier alpha value is -2.83. The average Bonchev–Trinajstić information content (AvgIpc) is 3.21. The molecule has 1 heterocycles. The minimum atomic E-state index is -3.80. The van der Waals surface area contributed by atoms with Crippen molar-refractivity contribution in [3.8, 4) is 0 Å². The maximum atomic E-state index is 13.4. The van der Waals surface area contributed by atoms with Crippen LogP contribution in [-0.4, -0.2) is 32.6 Å². The zero-order valence-corrected chi connectivity index (χ0v) is 18.3. The van der Waals surface area contributed by atoms with Crippen LogP contribution in [0.4, 0.5) is 5.69 Å². The number of benzene rings is 3. The van der Waals surface area contributed by atoms with Gasteiger partial charge in [0.15, 0.2) is 0 Å². The molecule has 1 atom stereocenters. The summed E-state index contributed by atoms with van der Waals surface area (Å²) in [5.41, 5.74) is 3.52. The summed E-state index contributed by atoms with van der Waals surface area (Å²) >= 11 is 6.01. The van der Waals surface area contributed by atoms with Gasteiger partial charge in [-0.25, -0.2) is 0 Å². The van der Waals surface area contributed by atoms with E-state index in [1.165, 1.54) is 4.41 Å². The third kappa shape index (κ3) is 3.93. The van der Waals surface area contributed by atoms with Crippen LogP contribution in [0.25, 0.3) is 0 Å². The van der Waals surface area contributed by atoms with Gasteiger partial charge in [0, 0.05) is 31.2 Å². The SMILES string of the molecule is CN(C)c1ccc([C@@H]2CC(c3ccc(Cl)cc3)=NN2S(=O)(=O)c2ccccc2)cc1. The number of hydrogen-bond acceptors (Lipinski definition) is 4. The molecular formula is C23H22ClN3O2S. The van der Waals surface area contributed by atoms with Crippen LogP contribution in [-0.2, 0) is 10.0 Å². The zero-order valence-electron chi connectivity index (χ0n) is 16.7. The third-order valence-electron chi connectivity index (χ3n) is 5.13. The van der Waals surface area contributed by atoms with Gasteiger partial charge in [-0.05, 0) is 47.5 Å². The molecule has 4 rings (SSSR count). The number of halogens is 1. The molecule has 0 aliphatic carbocycles. The Morgan fingerprint density at radius 3 is 2.17 bits per heavy atom. The second kappa shape index (κ2) is 8.13. The summed E-state index contributed by atoms with van der Waals surface area (Å²) in [7, 11) is 0.139. The molecule has 5 nitrogen and oxygen atoms in total. The summed E-state index contributed by atoms with van der Waals surface area (Å²) < 4.78 is 28.1. The van der Waals surface area contributed by atoms with Gasteiger partial charge in [0.25, 0.3) is 10.0 Å². The second-order valence-corrected chi connectivity index (χ2v) is 9.58. The van der Waals surface area contributed by atoms with Gasteiger partial charge in [-0.1, -0.05) is 54.1 Å². The zero-order chi connectivity index (χ0) is 21.3. The van der Waals surface area contributed by atoms with E-state index in [0.29, 0.717) is 17.2 Å². The van der Waals surface area contributed by atoms with Crippen molar-refractivity contribution in [3.63, 3.8) is 0 Å². The van der Waals surface area contributed by atoms with Crippen molar-refractivity contribution in [2.24, 2.45) is 5.10 Å². The van der Waals surface area contributed by atoms with Crippen molar-refractivity contribution < 1.29 is 8.42 Å². The molecule has 7 heteroatoms. The minimum absolute atomic E-state index is 0.223. The lowest BCUT2D eigenvalue weighted by molar-refractivity contribution is 0.371. The highest BCUT2D eigenvalue weighted by Crippen LogP contribution is 2.37. The summed E-state index contributed by atoms with van der Waals surface area (Å²) in [6.07, 6.45) is 0.481. The fourth-order valence-electron chi connectivity index (χ4n) is 3.47. The summed E-state index contributed by atoms with van der Waals surface area (Å²) in [5, 5.41) is 5.19. The molecule has 0 N–H and O–H groups in total. The molecule has 1 aliphatic heterocycles. The highest BCUT2D eigenvalue weighted by molar-refractivity contribution is 7.89. The van der Waals surface area contributed by atoms with E-state index >= 15 is 0 Å². The molecule has 0 saturated heterocycles. The Morgan fingerprint density at radius 2 is 1.57 bits per heavy atom. The van der Waals surface area contributed by atoms with Crippen molar-refractivity contribution in [1.82, 2.24) is 4.41 Å². The largest absolute Gasteiger partial charge is 0.378 e. The molecule has 0 fully saturated rings. The predicted molar refractivity (Wildman–Crippen MR) is 122 cm³/mol. The maximum absolute atomic E-state index is 13.4. The quantitative estimate of drug-likeness (QED) is 0.565. The molecule has 154 valence electrons. The maximum Gasteiger partial charge on any atom is 0.279 e. The van der Waals surface area contributed by atoms with Crippen LogP contribution in [0.5, 0.6) is 0 Å². The Kier molecular flexibility index (Phi) is 5.54. The van der Waals surface area contributed by atoms with Crippen LogP contribution >= 0.6 is 11.6 Å². The van der Waals surface area contributed by atoms with E-state index in [4.69, 9.17) is 11.6 Å². The molecule has 3 aromatic carbocycles. The van der Waals surface area contributed by atoms with Gasteiger partial charge < -0.3 is 4.90 Å². The van der Waals surface area contributed by atoms with Crippen LogP contribution in [0.3, 0.4) is 0 Å². The summed E-state index contributed by atoms with van der Waals surface area (Å²) in [4.78, 5) is 2.23. The molecule has 30 heavy (non-hydrogen) atoms. The van der Waals surface area contributed by atoms with Gasteiger partial charge in [0.05, 0.1) is 16.6 Å². The summed E-state index contributed by atoms with van der Waals surface area (Å²) in [6, 6.07) is 23.2. The first kappa shape index (κ1) is 20.4. The number of hydrazone groups is 1. The molecule has 0 radical (unpaired) electrons. The number of rotatable bonds is 5. The molecule has 1 aliphatic rings. The standard InChI is InChI=1S/C23H22ClN3O2S/c1-26(2)20-14-10-18(11-15-20)23-16-22(17-8-12-19(24)13-9-17)25-27(23)30(28,29)21-6-4-3-5-7-21/h3-15,23H,16H2,1-2H3/t23-/m0/s1. The molecule has 0 unspecified atom stereocenters. The van der Waals surface area contributed by atoms with Gasteiger partial charge >= 0.3 is 0 Å². The predicted octanol–water partition coefficient (Wildman–Crippen LogP) is 4.95. The number of sulfonamides is 1. The number of anilines is 1. The summed E-state index contributed by atoms with van der Waals surface area (Å²) in [6.45, 7) is 0. The lowest BCUT2D eigenvalue weighted by Gasteiger charge is -2.24. The monoisotopic (exact) mass is 439 g/mol. The van der Waals surface area contributed by atoms with E-state index < -0.39 is 16.1 Å². The van der Waals surface area contributed by atoms with Crippen LogP contribution in [0.2, 0.25) is 5.02 Å². The average molecular weight is 440 g/mol. The van der Waals surface area contributed by atoms with Crippen LogP contribution < -0.4 is 4.90 Å². The Morgan fingerprint density at radius 1 is 0.933 bits per heavy atom.